The average molecular weight is 256 g/mol. The van der Waals surface area contributed by atoms with E-state index in [9.17, 15) is 0 Å². The Bertz CT molecular complexity index is 208. The zero-order chi connectivity index (χ0) is 14.9. The molecule has 0 bridgehead atoms. The van der Waals surface area contributed by atoms with Crippen molar-refractivity contribution < 1.29 is 40.2 Å². The topological polar surface area (TPSA) is 145 Å². The van der Waals surface area contributed by atoms with Gasteiger partial charge in [-0.1, -0.05) is 20.8 Å². The second-order valence-corrected chi connectivity index (χ2v) is 4.42. The molecule has 17 heavy (non-hydrogen) atoms. The van der Waals surface area contributed by atoms with E-state index in [-0.39, 0.29) is 5.41 Å². The summed E-state index contributed by atoms with van der Waals surface area (Å²) in [6, 6.07) is 0. The maximum Gasteiger partial charge on any atom is 0.503 e. The fraction of sp³-hybridized carbons (Fsp3) is 0.778. The molecular weight excluding hydrogens is 236 g/mol. The van der Waals surface area contributed by atoms with Gasteiger partial charge in [-0.25, -0.2) is 14.5 Å². The highest BCUT2D eigenvalue weighted by molar-refractivity contribution is 5.53. The van der Waals surface area contributed by atoms with Crippen molar-refractivity contribution in [2.24, 2.45) is 5.41 Å². The van der Waals surface area contributed by atoms with Gasteiger partial charge in [0.25, 0.3) is 0 Å². The van der Waals surface area contributed by atoms with Crippen molar-refractivity contribution in [3.05, 3.63) is 0 Å². The molecule has 0 aliphatic carbocycles. The van der Waals surface area contributed by atoms with E-state index in [0.717, 1.165) is 0 Å². The van der Waals surface area contributed by atoms with Crippen molar-refractivity contribution in [2.75, 3.05) is 0 Å². The van der Waals surface area contributed by atoms with Crippen LogP contribution >= 0.6 is 0 Å². The predicted octanol–water partition coefficient (Wildman–Crippen LogP) is 2.75. The number of rotatable bonds is 1. The molecule has 0 fully saturated rings. The quantitative estimate of drug-likeness (QED) is 0.355. The molecule has 0 radical (unpaired) electrons. The maximum absolute atomic E-state index is 8.56. The summed E-state index contributed by atoms with van der Waals surface area (Å²) >= 11 is 0. The van der Waals surface area contributed by atoms with Crippen molar-refractivity contribution in [1.82, 2.24) is 0 Å². The van der Waals surface area contributed by atoms with Crippen LogP contribution in [0.2, 0.25) is 0 Å². The Balaban J connectivity index is -0.000000205. The third-order valence-electron chi connectivity index (χ3n) is 2.03. The van der Waals surface area contributed by atoms with Crippen LogP contribution in [-0.2, 0) is 4.89 Å². The largest absolute Gasteiger partial charge is 0.503 e. The highest BCUT2D eigenvalue weighted by Gasteiger charge is 2.34. The van der Waals surface area contributed by atoms with Crippen LogP contribution in [0.15, 0.2) is 0 Å². The van der Waals surface area contributed by atoms with Crippen LogP contribution in [0.25, 0.3) is 0 Å². The van der Waals surface area contributed by atoms with E-state index >= 15 is 0 Å². The molecule has 0 saturated heterocycles. The first-order valence-electron chi connectivity index (χ1n) is 4.44. The molecule has 0 aromatic rings. The minimum atomic E-state index is -1.83. The summed E-state index contributed by atoms with van der Waals surface area (Å²) in [5.74, 6) is 0. The van der Waals surface area contributed by atoms with E-state index in [1.54, 1.807) is 0 Å². The summed E-state index contributed by atoms with van der Waals surface area (Å²) in [6.07, 6.45) is -3.67. The fourth-order valence-electron chi connectivity index (χ4n) is 0.137. The molecule has 5 N–H and O–H groups in total. The number of carboxylic acid groups (broad SMARTS) is 4. The van der Waals surface area contributed by atoms with Crippen LogP contribution in [0.3, 0.4) is 0 Å². The van der Waals surface area contributed by atoms with Crippen molar-refractivity contribution in [3.8, 4) is 0 Å². The second-order valence-electron chi connectivity index (χ2n) is 4.42. The molecule has 0 aromatic carbocycles. The van der Waals surface area contributed by atoms with Crippen molar-refractivity contribution >= 4 is 12.3 Å². The van der Waals surface area contributed by atoms with Crippen LogP contribution in [-0.4, -0.2) is 43.6 Å². The Morgan fingerprint density at radius 1 is 0.824 bits per heavy atom. The molecule has 104 valence electrons. The van der Waals surface area contributed by atoms with E-state index in [2.05, 4.69) is 4.89 Å². The minimum Gasteiger partial charge on any atom is -0.450 e. The fourth-order valence-corrected chi connectivity index (χ4v) is 0.137. The Kier molecular flexibility index (Phi) is 10.5. The third-order valence-corrected chi connectivity index (χ3v) is 2.03. The number of hydrogen-bond donors (Lipinski definition) is 5. The van der Waals surface area contributed by atoms with E-state index in [1.807, 2.05) is 34.6 Å². The summed E-state index contributed by atoms with van der Waals surface area (Å²) in [7, 11) is 0. The Hall–Kier alpha value is -1.54. The van der Waals surface area contributed by atoms with Crippen LogP contribution in [0.5, 0.6) is 0 Å². The summed E-state index contributed by atoms with van der Waals surface area (Å²) in [5.41, 5.74) is -0.491. The maximum atomic E-state index is 8.56. The molecule has 8 nitrogen and oxygen atoms in total. The predicted molar refractivity (Wildman–Crippen MR) is 58.6 cm³/mol. The van der Waals surface area contributed by atoms with Crippen molar-refractivity contribution in [3.63, 3.8) is 0 Å². The lowest BCUT2D eigenvalue weighted by atomic mass is 9.79. The van der Waals surface area contributed by atoms with Crippen LogP contribution in [0.4, 0.5) is 9.59 Å². The SMILES string of the molecule is CC(C)(C)C(C)(C)OO.O=C(O)O.O=C(O)O. The first-order valence-corrected chi connectivity index (χ1v) is 4.44. The summed E-state index contributed by atoms with van der Waals surface area (Å²) in [6.45, 7) is 9.76. The Morgan fingerprint density at radius 2 is 1.00 bits per heavy atom. The zero-order valence-electron chi connectivity index (χ0n) is 10.5. The molecule has 0 unspecified atom stereocenters. The van der Waals surface area contributed by atoms with Gasteiger partial charge in [0.05, 0.1) is 0 Å². The highest BCUT2D eigenvalue weighted by atomic mass is 17.1. The van der Waals surface area contributed by atoms with Crippen LogP contribution in [0.1, 0.15) is 34.6 Å². The standard InChI is InChI=1S/C7H16O2.2CH2O3/c1-6(2,3)7(4,5)9-8;2*2-1(3)4/h8H,1-5H3;2*(H2,2,3,4). The molecule has 0 atom stereocenters. The second kappa shape index (κ2) is 8.59. The zero-order valence-corrected chi connectivity index (χ0v) is 10.5. The normalized spacial score (nSPS) is 10.2. The van der Waals surface area contributed by atoms with Gasteiger partial charge in [-0.2, -0.15) is 0 Å². The molecule has 0 rings (SSSR count). The number of hydrogen-bond acceptors (Lipinski definition) is 4. The van der Waals surface area contributed by atoms with Gasteiger partial charge < -0.3 is 20.4 Å². The van der Waals surface area contributed by atoms with E-state index in [1.165, 1.54) is 0 Å². The van der Waals surface area contributed by atoms with Gasteiger partial charge in [0, 0.05) is 0 Å². The molecule has 8 heteroatoms. The van der Waals surface area contributed by atoms with Crippen molar-refractivity contribution in [2.45, 2.75) is 40.2 Å². The van der Waals surface area contributed by atoms with Crippen LogP contribution in [0, 0.1) is 5.41 Å². The molecule has 0 heterocycles. The Labute approximate surface area is 99.0 Å². The van der Waals surface area contributed by atoms with E-state index in [0.29, 0.717) is 0 Å². The van der Waals surface area contributed by atoms with E-state index in [4.69, 9.17) is 35.3 Å². The summed E-state index contributed by atoms with van der Waals surface area (Å²) in [4.78, 5) is 21.4. The third kappa shape index (κ3) is 20.5. The lowest BCUT2D eigenvalue weighted by Crippen LogP contribution is -2.38. The minimum absolute atomic E-state index is 0.0260. The Morgan fingerprint density at radius 3 is 1.00 bits per heavy atom. The first kappa shape index (κ1) is 20.8. The average Bonchev–Trinajstić information content (AvgIpc) is 1.99. The summed E-state index contributed by atoms with van der Waals surface area (Å²) in [5, 5.41) is 36.3. The first-order chi connectivity index (χ1) is 7.27. The molecule has 0 saturated carbocycles. The van der Waals surface area contributed by atoms with Gasteiger partial charge in [0.15, 0.2) is 0 Å². The summed E-state index contributed by atoms with van der Waals surface area (Å²) < 4.78 is 0. The van der Waals surface area contributed by atoms with Gasteiger partial charge in [-0.3, -0.25) is 5.26 Å². The number of carbonyl (C=O) groups is 2. The monoisotopic (exact) mass is 256 g/mol. The van der Waals surface area contributed by atoms with Gasteiger partial charge in [0.1, 0.15) is 5.60 Å². The lowest BCUT2D eigenvalue weighted by molar-refractivity contribution is -0.337. The molecular formula is C9H20O8. The highest BCUT2D eigenvalue weighted by Crippen LogP contribution is 2.31. The van der Waals surface area contributed by atoms with Gasteiger partial charge in [-0.05, 0) is 19.3 Å². The van der Waals surface area contributed by atoms with E-state index < -0.39 is 17.9 Å². The molecule has 0 aromatic heterocycles. The molecule has 0 aliphatic heterocycles. The lowest BCUT2D eigenvalue weighted by Gasteiger charge is -2.34. The van der Waals surface area contributed by atoms with Gasteiger partial charge >= 0.3 is 12.3 Å². The smallest absolute Gasteiger partial charge is 0.450 e. The molecule has 0 spiro atoms. The molecule has 0 amide bonds. The van der Waals surface area contributed by atoms with Crippen LogP contribution < -0.4 is 0 Å². The van der Waals surface area contributed by atoms with Crippen molar-refractivity contribution in [1.29, 1.82) is 0 Å². The molecule has 0 aliphatic rings. The van der Waals surface area contributed by atoms with Gasteiger partial charge in [-0.15, -0.1) is 0 Å². The van der Waals surface area contributed by atoms with Gasteiger partial charge in [0.2, 0.25) is 0 Å².